The lowest BCUT2D eigenvalue weighted by Crippen LogP contribution is -2.30. The number of phosphoric ester groups is 2. The number of unbranched alkanes of at least 4 members (excludes halogenated alkanes) is 32. The van der Waals surface area contributed by atoms with E-state index in [0.717, 1.165) is 205 Å². The first-order valence-corrected chi connectivity index (χ1v) is 49.7. The number of ether oxygens (including phenoxy) is 3. The number of hydrogen-bond donors (Lipinski definition) is 4. The zero-order valence-corrected chi connectivity index (χ0v) is 76.5. The molecule has 5 unspecified atom stereocenters. The zero-order valence-electron chi connectivity index (χ0n) is 74.7. The second-order valence-electron chi connectivity index (χ2n) is 30.7. The second kappa shape index (κ2) is 91.6. The van der Waals surface area contributed by atoms with Gasteiger partial charge in [-0.1, -0.05) is 382 Å². The predicted molar refractivity (Wildman–Crippen MR) is 500 cm³/mol. The second-order valence-corrected chi connectivity index (χ2v) is 33.6. The maximum Gasteiger partial charge on any atom is 0.472 e. The van der Waals surface area contributed by atoms with Gasteiger partial charge in [-0.25, -0.2) is 9.13 Å². The van der Waals surface area contributed by atoms with Crippen LogP contribution in [0, 0.1) is 0 Å². The summed E-state index contributed by atoms with van der Waals surface area (Å²) in [6, 6.07) is 0. The van der Waals surface area contributed by atoms with E-state index in [2.05, 4.69) is 215 Å². The summed E-state index contributed by atoms with van der Waals surface area (Å²) < 4.78 is 61.5. The van der Waals surface area contributed by atoms with Gasteiger partial charge in [0.15, 0.2) is 6.10 Å². The summed E-state index contributed by atoms with van der Waals surface area (Å²) in [4.78, 5) is 59.1. The number of aliphatic hydroxyl groups excluding tert-OH is 2. The average Bonchev–Trinajstić information content (AvgIpc) is 0.911. The molecule has 0 saturated carbocycles. The topological polar surface area (TPSA) is 231 Å². The SMILES string of the molecule is CC/C=C\C/C=C\C/C=C\C/C=C\C/C=C\C/C=C\CCCCCCCCCCCCCCCCC(=O)OCC(O)COP(=O)(O)OCC(O)COP(=O)(O)OCC(COC(=O)CCCCCCCCCCCCC/C=C\C/C=C\C/C=C\C/C=C\C/C=C\CC)OC(=O)CCCCCCCCC/C=C\C/C=C\C/C=C\C/C=C\C/C=C\CC. The van der Waals surface area contributed by atoms with Gasteiger partial charge in [0.25, 0.3) is 0 Å². The Bertz CT molecular complexity index is 2940. The van der Waals surface area contributed by atoms with Crippen LogP contribution < -0.4 is 0 Å². The van der Waals surface area contributed by atoms with Gasteiger partial charge >= 0.3 is 33.6 Å². The molecule has 0 aliphatic carbocycles. The molecule has 0 radical (unpaired) electrons. The van der Waals surface area contributed by atoms with Gasteiger partial charge in [-0.2, -0.15) is 0 Å². The number of allylic oxidation sites excluding steroid dienone is 32. The number of aliphatic hydroxyl groups is 2. The molecule has 16 nitrogen and oxygen atoms in total. The third kappa shape index (κ3) is 92.9. The molecule has 0 rings (SSSR count). The molecule has 0 aromatic heterocycles. The highest BCUT2D eigenvalue weighted by Crippen LogP contribution is 2.45. The Labute approximate surface area is 725 Å². The molecule has 0 heterocycles. The quantitative estimate of drug-likeness (QED) is 0.0146. The van der Waals surface area contributed by atoms with Crippen LogP contribution in [0.1, 0.15) is 367 Å². The van der Waals surface area contributed by atoms with Gasteiger partial charge in [-0.3, -0.25) is 32.5 Å². The monoisotopic (exact) mass is 1700 g/mol. The van der Waals surface area contributed by atoms with Gasteiger partial charge in [0.05, 0.1) is 26.4 Å². The van der Waals surface area contributed by atoms with Crippen molar-refractivity contribution in [3.05, 3.63) is 194 Å². The first-order valence-electron chi connectivity index (χ1n) is 46.7. The van der Waals surface area contributed by atoms with Gasteiger partial charge in [0.1, 0.15) is 25.4 Å². The zero-order chi connectivity index (χ0) is 86.5. The Morgan fingerprint density at radius 3 is 0.664 bits per heavy atom. The fourth-order valence-electron chi connectivity index (χ4n) is 12.3. The summed E-state index contributed by atoms with van der Waals surface area (Å²) >= 11 is 0. The lowest BCUT2D eigenvalue weighted by atomic mass is 10.0. The number of hydrogen-bond acceptors (Lipinski definition) is 14. The summed E-state index contributed by atoms with van der Waals surface area (Å²) in [6.07, 6.45) is 122. The first-order chi connectivity index (χ1) is 58.2. The van der Waals surface area contributed by atoms with Crippen molar-refractivity contribution in [2.24, 2.45) is 0 Å². The van der Waals surface area contributed by atoms with E-state index >= 15 is 0 Å². The van der Waals surface area contributed by atoms with E-state index in [0.29, 0.717) is 19.3 Å². The van der Waals surface area contributed by atoms with Crippen molar-refractivity contribution in [1.29, 1.82) is 0 Å². The number of rotatable bonds is 87. The van der Waals surface area contributed by atoms with Crippen LogP contribution in [0.2, 0.25) is 0 Å². The minimum absolute atomic E-state index is 0.0852. The van der Waals surface area contributed by atoms with Gasteiger partial charge in [0.2, 0.25) is 0 Å². The van der Waals surface area contributed by atoms with Crippen LogP contribution in [0.4, 0.5) is 0 Å². The van der Waals surface area contributed by atoms with Crippen molar-refractivity contribution >= 4 is 33.6 Å². The molecule has 119 heavy (non-hydrogen) atoms. The fourth-order valence-corrected chi connectivity index (χ4v) is 13.9. The predicted octanol–water partition coefficient (Wildman–Crippen LogP) is 29.0. The molecule has 0 bridgehead atoms. The van der Waals surface area contributed by atoms with Gasteiger partial charge in [0, 0.05) is 19.3 Å². The van der Waals surface area contributed by atoms with Gasteiger partial charge in [-0.15, -0.1) is 0 Å². The van der Waals surface area contributed by atoms with Crippen molar-refractivity contribution in [1.82, 2.24) is 0 Å². The van der Waals surface area contributed by atoms with E-state index in [1.807, 2.05) is 0 Å². The summed E-state index contributed by atoms with van der Waals surface area (Å²) in [7, 11) is -9.82. The maximum absolute atomic E-state index is 13.1. The van der Waals surface area contributed by atoms with Crippen LogP contribution in [0.15, 0.2) is 194 Å². The number of carbonyl (C=O) groups excluding carboxylic acids is 3. The molecule has 0 aliphatic heterocycles. The van der Waals surface area contributed by atoms with Crippen molar-refractivity contribution < 1.29 is 75.8 Å². The molecule has 0 spiro atoms. The lowest BCUT2D eigenvalue weighted by Gasteiger charge is -2.21. The number of esters is 3. The molecular weight excluding hydrogens is 1530 g/mol. The number of phosphoric acid groups is 2. The molecule has 0 fully saturated rings. The van der Waals surface area contributed by atoms with Crippen LogP contribution in [0.5, 0.6) is 0 Å². The Morgan fingerprint density at radius 1 is 0.235 bits per heavy atom. The van der Waals surface area contributed by atoms with E-state index in [1.54, 1.807) is 0 Å². The molecule has 678 valence electrons. The van der Waals surface area contributed by atoms with Gasteiger partial charge in [-0.05, 0) is 161 Å². The van der Waals surface area contributed by atoms with E-state index < -0.39 is 91.5 Å². The van der Waals surface area contributed by atoms with Crippen molar-refractivity contribution in [3.63, 3.8) is 0 Å². The largest absolute Gasteiger partial charge is 0.472 e. The van der Waals surface area contributed by atoms with Crippen LogP contribution in [0.25, 0.3) is 0 Å². The summed E-state index contributed by atoms with van der Waals surface area (Å²) in [6.45, 7) is 2.36. The Hall–Kier alpha value is -5.61. The summed E-state index contributed by atoms with van der Waals surface area (Å²) in [5.41, 5.74) is 0. The highest BCUT2D eigenvalue weighted by molar-refractivity contribution is 7.47. The van der Waals surface area contributed by atoms with Crippen molar-refractivity contribution in [2.45, 2.75) is 386 Å². The summed E-state index contributed by atoms with van der Waals surface area (Å²) in [5, 5.41) is 20.8. The fraction of sp³-hybridized carbons (Fsp3) is 0.653. The molecule has 0 saturated heterocycles. The Morgan fingerprint density at radius 2 is 0.420 bits per heavy atom. The molecule has 4 N–H and O–H groups in total. The van der Waals surface area contributed by atoms with Crippen LogP contribution >= 0.6 is 15.6 Å². The van der Waals surface area contributed by atoms with E-state index in [-0.39, 0.29) is 19.3 Å². The minimum atomic E-state index is -4.95. The summed E-state index contributed by atoms with van der Waals surface area (Å²) in [5.74, 6) is -1.59. The molecule has 0 aromatic rings. The maximum atomic E-state index is 13.1. The molecule has 5 atom stereocenters. The lowest BCUT2D eigenvalue weighted by molar-refractivity contribution is -0.161. The van der Waals surface area contributed by atoms with E-state index in [9.17, 15) is 43.5 Å². The third-order valence-electron chi connectivity index (χ3n) is 19.3. The van der Waals surface area contributed by atoms with Gasteiger partial charge < -0.3 is 34.2 Å². The van der Waals surface area contributed by atoms with Crippen LogP contribution in [0.3, 0.4) is 0 Å². The van der Waals surface area contributed by atoms with Crippen LogP contribution in [-0.4, -0.2) is 95.9 Å². The highest BCUT2D eigenvalue weighted by Gasteiger charge is 2.29. The van der Waals surface area contributed by atoms with E-state index in [1.165, 1.54) is 103 Å². The molecular formula is C101H168O16P2. The average molecular weight is 1700 g/mol. The molecule has 18 heteroatoms. The minimum Gasteiger partial charge on any atom is -0.463 e. The molecule has 0 aliphatic rings. The Kier molecular flexibility index (Phi) is 87.3. The van der Waals surface area contributed by atoms with Crippen molar-refractivity contribution in [3.8, 4) is 0 Å². The highest BCUT2D eigenvalue weighted by atomic mass is 31.2. The van der Waals surface area contributed by atoms with Crippen LogP contribution in [-0.2, 0) is 55.8 Å². The standard InChI is InChI=1S/C101H168O16P2/c1-4-7-10-13-16-19-22-25-28-31-34-37-40-42-44-45-46-47-48-49-51-53-55-57-60-63-66-69-72-75-78-81-84-87-99(104)111-90-96(102)91-113-118(107,108)114-92-97(103)93-115-119(109,110)116-95-98(117-101(106)89-86-83-80-77-74-71-68-65-62-59-54-39-36-33-30-27-24-21-18-15-12-9-6-3)94-112-100(105)88-85-82-79-76-73-70-67-64-61-58-56-52-50-43-41-38-35-32-29-26-23-20-17-14-11-8-5-2/h7-12,16-21,25-30,34-39,42-44,46-47,50,59,62,96-98,102-103H,4-6,13-15,22-24,31-33,40-41,45,48-49,51-58,60-61,63-95H2,1-3H3,(H,107,108)(H,109,110)/b10-7-,11-8-,12-9-,19-16-,20-17-,21-18-,28-25-,29-26-,30-27-,37-34-,38-35-,39-36-,44-42-,47-46-,50-43-,62-59-. The Balaban J connectivity index is 4.61. The molecule has 0 amide bonds. The molecule has 0 aromatic carbocycles. The normalized spacial score (nSPS) is 14.6. The third-order valence-corrected chi connectivity index (χ3v) is 21.2. The van der Waals surface area contributed by atoms with Crippen molar-refractivity contribution in [2.75, 3.05) is 39.6 Å². The first kappa shape index (κ1) is 113. The number of carbonyl (C=O) groups is 3. The smallest absolute Gasteiger partial charge is 0.463 e. The van der Waals surface area contributed by atoms with E-state index in [4.69, 9.17) is 32.3 Å².